The lowest BCUT2D eigenvalue weighted by Crippen LogP contribution is -2.37. The van der Waals surface area contributed by atoms with Crippen molar-refractivity contribution in [2.75, 3.05) is 26.4 Å². The van der Waals surface area contributed by atoms with Crippen molar-refractivity contribution in [2.24, 2.45) is 5.41 Å². The molecular weight excluding hydrogens is 250 g/mol. The van der Waals surface area contributed by atoms with E-state index in [-0.39, 0.29) is 0 Å². The summed E-state index contributed by atoms with van der Waals surface area (Å²) < 4.78 is 11.2. The van der Waals surface area contributed by atoms with Gasteiger partial charge in [-0.2, -0.15) is 0 Å². The molecule has 1 heterocycles. The third-order valence-corrected chi connectivity index (χ3v) is 4.22. The summed E-state index contributed by atoms with van der Waals surface area (Å²) in [7, 11) is 0. The summed E-state index contributed by atoms with van der Waals surface area (Å²) in [6.45, 7) is 10.1. The number of para-hydroxylation sites is 1. The summed E-state index contributed by atoms with van der Waals surface area (Å²) in [4.78, 5) is 0. The molecule has 112 valence electrons. The molecule has 0 spiro atoms. The molecule has 0 bridgehead atoms. The monoisotopic (exact) mass is 277 g/mol. The summed E-state index contributed by atoms with van der Waals surface area (Å²) in [6, 6.07) is 8.60. The molecule has 0 aromatic heterocycles. The molecule has 1 aromatic rings. The molecule has 0 radical (unpaired) electrons. The zero-order chi connectivity index (χ0) is 14.4. The van der Waals surface area contributed by atoms with Crippen LogP contribution >= 0.6 is 0 Å². The quantitative estimate of drug-likeness (QED) is 0.862. The Morgan fingerprint density at radius 2 is 2.00 bits per heavy atom. The number of benzene rings is 1. The third-order valence-electron chi connectivity index (χ3n) is 4.22. The lowest BCUT2D eigenvalue weighted by Gasteiger charge is -2.35. The van der Waals surface area contributed by atoms with Gasteiger partial charge in [0.05, 0.1) is 6.61 Å². The molecule has 0 saturated carbocycles. The lowest BCUT2D eigenvalue weighted by atomic mass is 9.82. The first kappa shape index (κ1) is 15.3. The first-order valence-electron chi connectivity index (χ1n) is 7.67. The van der Waals surface area contributed by atoms with Gasteiger partial charge in [-0.3, -0.25) is 0 Å². The zero-order valence-corrected chi connectivity index (χ0v) is 12.9. The molecule has 2 rings (SSSR count). The fraction of sp³-hybridized carbons (Fsp3) is 0.647. The molecule has 0 aliphatic carbocycles. The fourth-order valence-corrected chi connectivity index (χ4v) is 2.68. The highest BCUT2D eigenvalue weighted by molar-refractivity contribution is 5.35. The minimum Gasteiger partial charge on any atom is -0.494 e. The predicted octanol–water partition coefficient (Wildman–Crippen LogP) is 3.55. The van der Waals surface area contributed by atoms with Gasteiger partial charge in [-0.15, -0.1) is 0 Å². The first-order valence-corrected chi connectivity index (χ1v) is 7.67. The Bertz CT molecular complexity index is 413. The van der Waals surface area contributed by atoms with Crippen LogP contribution in [0.1, 0.15) is 45.2 Å². The van der Waals surface area contributed by atoms with Crippen LogP contribution in [0.2, 0.25) is 0 Å². The smallest absolute Gasteiger partial charge is 0.124 e. The predicted molar refractivity (Wildman–Crippen MR) is 82.2 cm³/mol. The summed E-state index contributed by atoms with van der Waals surface area (Å²) in [5.74, 6) is 0.993. The van der Waals surface area contributed by atoms with Crippen LogP contribution in [0.5, 0.6) is 5.75 Å². The van der Waals surface area contributed by atoms with Gasteiger partial charge in [0, 0.05) is 31.4 Å². The number of nitrogens with one attached hydrogen (secondary N) is 1. The largest absolute Gasteiger partial charge is 0.494 e. The van der Waals surface area contributed by atoms with Crippen LogP contribution in [0, 0.1) is 5.41 Å². The van der Waals surface area contributed by atoms with Crippen molar-refractivity contribution in [3.05, 3.63) is 29.8 Å². The molecule has 1 N–H and O–H groups in total. The van der Waals surface area contributed by atoms with Crippen molar-refractivity contribution < 1.29 is 9.47 Å². The van der Waals surface area contributed by atoms with E-state index in [1.54, 1.807) is 0 Å². The number of ether oxygens (including phenoxy) is 2. The zero-order valence-electron chi connectivity index (χ0n) is 12.9. The second kappa shape index (κ2) is 7.09. The summed E-state index contributed by atoms with van der Waals surface area (Å²) in [6.07, 6.45) is 2.28. The van der Waals surface area contributed by atoms with Gasteiger partial charge >= 0.3 is 0 Å². The standard InChI is InChI=1S/C17H27NO2/c1-4-20-16-8-6-5-7-15(16)14(2)18-13-17(3)9-11-19-12-10-17/h5-8,14,18H,4,9-13H2,1-3H3. The van der Waals surface area contributed by atoms with E-state index in [1.165, 1.54) is 5.56 Å². The van der Waals surface area contributed by atoms with Crippen LogP contribution in [0.4, 0.5) is 0 Å². The lowest BCUT2D eigenvalue weighted by molar-refractivity contribution is 0.0230. The van der Waals surface area contributed by atoms with Crippen LogP contribution in [0.3, 0.4) is 0 Å². The topological polar surface area (TPSA) is 30.5 Å². The van der Waals surface area contributed by atoms with Gasteiger partial charge in [0.25, 0.3) is 0 Å². The van der Waals surface area contributed by atoms with Crippen LogP contribution in [-0.2, 0) is 4.74 Å². The molecule has 1 aliphatic rings. The minimum absolute atomic E-state index is 0.303. The average Bonchev–Trinajstić information content (AvgIpc) is 2.47. The van der Waals surface area contributed by atoms with Gasteiger partial charge in [0.2, 0.25) is 0 Å². The summed E-state index contributed by atoms with van der Waals surface area (Å²) >= 11 is 0. The Morgan fingerprint density at radius 3 is 2.70 bits per heavy atom. The second-order valence-electron chi connectivity index (χ2n) is 6.00. The second-order valence-corrected chi connectivity index (χ2v) is 6.00. The van der Waals surface area contributed by atoms with Gasteiger partial charge in [0.15, 0.2) is 0 Å². The molecule has 3 heteroatoms. The molecule has 1 unspecified atom stereocenters. The highest BCUT2D eigenvalue weighted by Crippen LogP contribution is 2.31. The molecular formula is C17H27NO2. The van der Waals surface area contributed by atoms with Crippen molar-refractivity contribution in [3.8, 4) is 5.75 Å². The molecule has 1 aliphatic heterocycles. The van der Waals surface area contributed by atoms with E-state index in [1.807, 2.05) is 19.1 Å². The van der Waals surface area contributed by atoms with Gasteiger partial charge < -0.3 is 14.8 Å². The van der Waals surface area contributed by atoms with E-state index in [0.29, 0.717) is 18.1 Å². The van der Waals surface area contributed by atoms with Crippen molar-refractivity contribution in [2.45, 2.75) is 39.7 Å². The van der Waals surface area contributed by atoms with Crippen LogP contribution in [0.25, 0.3) is 0 Å². The van der Waals surface area contributed by atoms with E-state index in [4.69, 9.17) is 9.47 Å². The molecule has 3 nitrogen and oxygen atoms in total. The van der Waals surface area contributed by atoms with Crippen molar-refractivity contribution >= 4 is 0 Å². The Labute approximate surface area is 122 Å². The molecule has 1 aromatic carbocycles. The van der Waals surface area contributed by atoms with Gasteiger partial charge in [0.1, 0.15) is 5.75 Å². The molecule has 1 atom stereocenters. The van der Waals surface area contributed by atoms with E-state index in [0.717, 1.165) is 38.3 Å². The Kier molecular flexibility index (Phi) is 5.44. The van der Waals surface area contributed by atoms with Crippen LogP contribution in [-0.4, -0.2) is 26.4 Å². The highest BCUT2D eigenvalue weighted by atomic mass is 16.5. The van der Waals surface area contributed by atoms with E-state index in [9.17, 15) is 0 Å². The van der Waals surface area contributed by atoms with E-state index >= 15 is 0 Å². The molecule has 1 fully saturated rings. The summed E-state index contributed by atoms with van der Waals surface area (Å²) in [5, 5.41) is 3.67. The maximum Gasteiger partial charge on any atom is 0.124 e. The highest BCUT2D eigenvalue weighted by Gasteiger charge is 2.27. The molecule has 1 saturated heterocycles. The number of hydrogen-bond acceptors (Lipinski definition) is 3. The van der Waals surface area contributed by atoms with Gasteiger partial charge in [-0.1, -0.05) is 25.1 Å². The first-order chi connectivity index (χ1) is 9.64. The fourth-order valence-electron chi connectivity index (χ4n) is 2.68. The number of rotatable bonds is 6. The normalized spacial score (nSPS) is 19.6. The Morgan fingerprint density at radius 1 is 1.30 bits per heavy atom. The van der Waals surface area contributed by atoms with Gasteiger partial charge in [-0.25, -0.2) is 0 Å². The Balaban J connectivity index is 1.95. The molecule has 20 heavy (non-hydrogen) atoms. The average molecular weight is 277 g/mol. The van der Waals surface area contributed by atoms with Crippen LogP contribution < -0.4 is 10.1 Å². The maximum atomic E-state index is 5.72. The van der Waals surface area contributed by atoms with Crippen molar-refractivity contribution in [1.29, 1.82) is 0 Å². The van der Waals surface area contributed by atoms with E-state index < -0.39 is 0 Å². The van der Waals surface area contributed by atoms with Gasteiger partial charge in [-0.05, 0) is 38.2 Å². The van der Waals surface area contributed by atoms with E-state index in [2.05, 4.69) is 31.3 Å². The molecule has 0 amide bonds. The SMILES string of the molecule is CCOc1ccccc1C(C)NCC1(C)CCOCC1. The van der Waals surface area contributed by atoms with Crippen molar-refractivity contribution in [1.82, 2.24) is 5.32 Å². The third kappa shape index (κ3) is 3.97. The van der Waals surface area contributed by atoms with Crippen molar-refractivity contribution in [3.63, 3.8) is 0 Å². The van der Waals surface area contributed by atoms with Crippen LogP contribution in [0.15, 0.2) is 24.3 Å². The number of hydrogen-bond donors (Lipinski definition) is 1. The summed E-state index contributed by atoms with van der Waals surface area (Å²) in [5.41, 5.74) is 1.59. The Hall–Kier alpha value is -1.06. The maximum absolute atomic E-state index is 5.72. The minimum atomic E-state index is 0.303.